The van der Waals surface area contributed by atoms with Gasteiger partial charge in [0.15, 0.2) is 5.13 Å². The van der Waals surface area contributed by atoms with E-state index in [9.17, 15) is 13.2 Å². The molecule has 4 aromatic rings. The van der Waals surface area contributed by atoms with Crippen LogP contribution in [0, 0.1) is 0 Å². The van der Waals surface area contributed by atoms with Crippen LogP contribution in [0.3, 0.4) is 0 Å². The van der Waals surface area contributed by atoms with Crippen LogP contribution in [-0.4, -0.2) is 43.3 Å². The summed E-state index contributed by atoms with van der Waals surface area (Å²) in [4.78, 5) is 20.2. The van der Waals surface area contributed by atoms with E-state index >= 15 is 0 Å². The van der Waals surface area contributed by atoms with Crippen LogP contribution in [-0.2, 0) is 21.4 Å². The average Bonchev–Trinajstić information content (AvgIpc) is 3.62. The highest BCUT2D eigenvalue weighted by Gasteiger charge is 2.42. The van der Waals surface area contributed by atoms with Crippen molar-refractivity contribution in [2.75, 3.05) is 18.6 Å². The Bertz CT molecular complexity index is 1450. The number of aromatic nitrogens is 1. The Balaban J connectivity index is 1.51. The Morgan fingerprint density at radius 1 is 1.26 bits per heavy atom. The highest BCUT2D eigenvalue weighted by atomic mass is 35.5. The first kappa shape index (κ1) is 23.8. The molecule has 0 radical (unpaired) electrons. The van der Waals surface area contributed by atoms with E-state index in [1.807, 2.05) is 18.2 Å². The van der Waals surface area contributed by atoms with E-state index < -0.39 is 16.1 Å². The van der Waals surface area contributed by atoms with E-state index in [2.05, 4.69) is 4.98 Å². The van der Waals surface area contributed by atoms with Crippen LogP contribution in [0.5, 0.6) is 5.75 Å². The van der Waals surface area contributed by atoms with Crippen molar-refractivity contribution in [1.82, 2.24) is 9.29 Å². The van der Waals surface area contributed by atoms with Gasteiger partial charge in [0.1, 0.15) is 17.6 Å². The van der Waals surface area contributed by atoms with Gasteiger partial charge in [-0.3, -0.25) is 9.69 Å². The lowest BCUT2D eigenvalue weighted by atomic mass is 10.2. The van der Waals surface area contributed by atoms with Gasteiger partial charge in [-0.2, -0.15) is 4.31 Å². The summed E-state index contributed by atoms with van der Waals surface area (Å²) in [5, 5.41) is 0.903. The van der Waals surface area contributed by atoms with Crippen molar-refractivity contribution in [2.45, 2.75) is 30.3 Å². The van der Waals surface area contributed by atoms with Gasteiger partial charge < -0.3 is 9.15 Å². The normalized spacial score (nSPS) is 16.6. The molecule has 5 rings (SSSR count). The number of carbonyl (C=O) groups excluding carboxylic acids is 1. The molecule has 8 nitrogen and oxygen atoms in total. The summed E-state index contributed by atoms with van der Waals surface area (Å²) in [6.45, 7) is 0.390. The predicted octanol–water partition coefficient (Wildman–Crippen LogP) is 4.94. The highest BCUT2D eigenvalue weighted by Crippen LogP contribution is 2.35. The number of sulfonamides is 1. The molecule has 1 unspecified atom stereocenters. The second-order valence-electron chi connectivity index (χ2n) is 8.06. The summed E-state index contributed by atoms with van der Waals surface area (Å²) in [7, 11) is -2.30. The number of amides is 1. The van der Waals surface area contributed by atoms with Crippen LogP contribution < -0.4 is 9.64 Å². The number of ether oxygens (including phenoxy) is 1. The summed E-state index contributed by atoms with van der Waals surface area (Å²) in [5.74, 6) is 0.912. The summed E-state index contributed by atoms with van der Waals surface area (Å²) in [5.41, 5.74) is 0.722. The minimum atomic E-state index is -3.89. The molecule has 0 N–H and O–H groups in total. The molecule has 1 fully saturated rings. The topological polar surface area (TPSA) is 92.9 Å². The first-order valence-electron chi connectivity index (χ1n) is 10.9. The molecule has 1 amide bonds. The Morgan fingerprint density at radius 3 is 2.77 bits per heavy atom. The molecule has 0 bridgehead atoms. The van der Waals surface area contributed by atoms with Crippen molar-refractivity contribution in [1.29, 1.82) is 0 Å². The minimum Gasteiger partial charge on any atom is -0.497 e. The summed E-state index contributed by atoms with van der Waals surface area (Å²) in [6, 6.07) is 14.1. The molecule has 35 heavy (non-hydrogen) atoms. The number of fused-ring (bicyclic) bond motifs is 1. The molecule has 1 aliphatic rings. The first-order valence-corrected chi connectivity index (χ1v) is 13.6. The number of hydrogen-bond acceptors (Lipinski definition) is 7. The Kier molecular flexibility index (Phi) is 6.54. The molecule has 0 aliphatic carbocycles. The maximum absolute atomic E-state index is 13.9. The molecule has 1 saturated heterocycles. The fourth-order valence-corrected chi connectivity index (χ4v) is 6.91. The first-order chi connectivity index (χ1) is 16.9. The number of rotatable bonds is 7. The van der Waals surface area contributed by atoms with E-state index in [0.29, 0.717) is 34.5 Å². The number of thiazole rings is 1. The van der Waals surface area contributed by atoms with Gasteiger partial charge in [0.2, 0.25) is 15.9 Å². The maximum atomic E-state index is 13.9. The van der Waals surface area contributed by atoms with Gasteiger partial charge in [0.05, 0.1) is 35.0 Å². The number of benzene rings is 2. The fraction of sp³-hybridized carbons (Fsp3) is 0.250. The second kappa shape index (κ2) is 9.62. The van der Waals surface area contributed by atoms with Gasteiger partial charge in [0.25, 0.3) is 0 Å². The Labute approximate surface area is 211 Å². The lowest BCUT2D eigenvalue weighted by molar-refractivity contribution is -0.121. The minimum absolute atomic E-state index is 0.103. The van der Waals surface area contributed by atoms with Gasteiger partial charge in [-0.25, -0.2) is 13.4 Å². The third-order valence-electron chi connectivity index (χ3n) is 5.88. The smallest absolute Gasteiger partial charge is 0.247 e. The molecular formula is C24H22ClN3O5S2. The van der Waals surface area contributed by atoms with Gasteiger partial charge in [-0.05, 0) is 67.4 Å². The zero-order valence-electron chi connectivity index (χ0n) is 18.8. The van der Waals surface area contributed by atoms with E-state index in [4.69, 9.17) is 20.8 Å². The van der Waals surface area contributed by atoms with Crippen LogP contribution in [0.25, 0.3) is 10.2 Å². The summed E-state index contributed by atoms with van der Waals surface area (Å²) >= 11 is 7.28. The Morgan fingerprint density at radius 2 is 2.06 bits per heavy atom. The molecule has 3 heterocycles. The Hall–Kier alpha value is -2.92. The fourth-order valence-electron chi connectivity index (χ4n) is 4.13. The zero-order chi connectivity index (χ0) is 24.6. The molecule has 0 saturated carbocycles. The number of anilines is 1. The molecule has 2 aromatic carbocycles. The van der Waals surface area contributed by atoms with E-state index in [1.165, 1.54) is 51.1 Å². The lowest BCUT2D eigenvalue weighted by Gasteiger charge is -2.28. The van der Waals surface area contributed by atoms with Crippen LogP contribution in [0.2, 0.25) is 5.02 Å². The number of carbonyl (C=O) groups is 1. The van der Waals surface area contributed by atoms with E-state index in [-0.39, 0.29) is 23.9 Å². The van der Waals surface area contributed by atoms with Crippen LogP contribution in [0.1, 0.15) is 18.6 Å². The van der Waals surface area contributed by atoms with E-state index in [0.717, 1.165) is 10.2 Å². The molecule has 1 atom stereocenters. The molecular weight excluding hydrogens is 510 g/mol. The third-order valence-corrected chi connectivity index (χ3v) is 9.10. The standard InChI is InChI=1S/C24H22ClN3O5S2/c1-32-17-8-11-20-22(14-17)34-24(26-20)27(15-18-4-3-13-33-18)23(29)21-5-2-12-28(21)35(30,31)19-9-6-16(25)7-10-19/h3-4,6-11,13-14,21H,2,5,12,15H2,1H3. The number of hydrogen-bond donors (Lipinski definition) is 0. The predicted molar refractivity (Wildman–Crippen MR) is 134 cm³/mol. The largest absolute Gasteiger partial charge is 0.497 e. The van der Waals surface area contributed by atoms with Crippen molar-refractivity contribution in [3.63, 3.8) is 0 Å². The SMILES string of the molecule is COc1ccc2nc(N(Cc3ccco3)C(=O)C3CCCN3S(=O)(=O)c3ccc(Cl)cc3)sc2c1. The molecule has 2 aromatic heterocycles. The van der Waals surface area contributed by atoms with Gasteiger partial charge >= 0.3 is 0 Å². The second-order valence-corrected chi connectivity index (χ2v) is 11.4. The maximum Gasteiger partial charge on any atom is 0.247 e. The molecule has 11 heteroatoms. The van der Waals surface area contributed by atoms with Crippen molar-refractivity contribution in [3.8, 4) is 5.75 Å². The monoisotopic (exact) mass is 531 g/mol. The van der Waals surface area contributed by atoms with Gasteiger partial charge in [-0.15, -0.1) is 0 Å². The van der Waals surface area contributed by atoms with E-state index in [1.54, 1.807) is 19.2 Å². The van der Waals surface area contributed by atoms with Crippen LogP contribution in [0.4, 0.5) is 5.13 Å². The summed E-state index contributed by atoms with van der Waals surface area (Å²) in [6.07, 6.45) is 2.53. The highest BCUT2D eigenvalue weighted by molar-refractivity contribution is 7.89. The molecule has 182 valence electrons. The molecule has 1 aliphatic heterocycles. The number of halogens is 1. The van der Waals surface area contributed by atoms with Crippen LogP contribution in [0.15, 0.2) is 70.2 Å². The van der Waals surface area contributed by atoms with Crippen molar-refractivity contribution in [2.24, 2.45) is 0 Å². The number of methoxy groups -OCH3 is 1. The van der Waals surface area contributed by atoms with Crippen LogP contribution >= 0.6 is 22.9 Å². The zero-order valence-corrected chi connectivity index (χ0v) is 21.1. The number of furan rings is 1. The van der Waals surface area contributed by atoms with Gasteiger partial charge in [0, 0.05) is 11.6 Å². The van der Waals surface area contributed by atoms with Crippen molar-refractivity contribution < 1.29 is 22.4 Å². The lowest BCUT2D eigenvalue weighted by Crippen LogP contribution is -2.47. The van der Waals surface area contributed by atoms with Gasteiger partial charge in [-0.1, -0.05) is 22.9 Å². The third kappa shape index (κ3) is 4.66. The number of nitrogens with zero attached hydrogens (tertiary/aromatic N) is 3. The quantitative estimate of drug-likeness (QED) is 0.335. The average molecular weight is 532 g/mol. The van der Waals surface area contributed by atoms with Crippen molar-refractivity contribution >= 4 is 54.2 Å². The summed E-state index contributed by atoms with van der Waals surface area (Å²) < 4.78 is 39.8. The molecule has 0 spiro atoms. The van der Waals surface area contributed by atoms with Crippen molar-refractivity contribution in [3.05, 3.63) is 71.6 Å².